The normalized spacial score (nSPS) is 11.5. The van der Waals surface area contributed by atoms with Crippen LogP contribution in [0.3, 0.4) is 0 Å². The Morgan fingerprint density at radius 3 is 2.52 bits per heavy atom. The highest BCUT2D eigenvalue weighted by Crippen LogP contribution is 2.21. The van der Waals surface area contributed by atoms with Gasteiger partial charge in [-0.25, -0.2) is 9.78 Å². The molecule has 0 aliphatic heterocycles. The van der Waals surface area contributed by atoms with Gasteiger partial charge in [-0.15, -0.1) is 0 Å². The van der Waals surface area contributed by atoms with Crippen molar-refractivity contribution in [1.82, 2.24) is 10.3 Å². The van der Waals surface area contributed by atoms with Crippen molar-refractivity contribution in [3.05, 3.63) is 87.5 Å². The Morgan fingerprint density at radius 1 is 1.09 bits per heavy atom. The number of hydrogen-bond donors (Lipinski definition) is 3. The van der Waals surface area contributed by atoms with Gasteiger partial charge in [0.1, 0.15) is 17.6 Å². The zero-order valence-corrected chi connectivity index (χ0v) is 19.4. The predicted octanol–water partition coefficient (Wildman–Crippen LogP) is 4.48. The van der Waals surface area contributed by atoms with Crippen molar-refractivity contribution in [1.29, 1.82) is 0 Å². The number of anilines is 1. The molecule has 0 aliphatic carbocycles. The molecule has 0 fully saturated rings. The van der Waals surface area contributed by atoms with Crippen molar-refractivity contribution in [2.75, 3.05) is 19.0 Å². The molecule has 2 aromatic carbocycles. The number of carbonyl (C=O) groups is 2. The number of carboxylic acid groups (broad SMARTS) is 1. The molecule has 3 aromatic rings. The largest absolute Gasteiger partial charge is 0.493 e. The first-order valence-electron chi connectivity index (χ1n) is 10.2. The Balaban J connectivity index is 1.56. The number of benzene rings is 2. The average molecular weight is 488 g/mol. The summed E-state index contributed by atoms with van der Waals surface area (Å²) in [5.41, 5.74) is 1.81. The van der Waals surface area contributed by atoms with Crippen molar-refractivity contribution in [2.45, 2.75) is 18.9 Å². The van der Waals surface area contributed by atoms with Crippen LogP contribution in [0.15, 0.2) is 60.7 Å². The fourth-order valence-electron chi connectivity index (χ4n) is 3.10. The summed E-state index contributed by atoms with van der Waals surface area (Å²) in [7, 11) is 1.82. The van der Waals surface area contributed by atoms with Gasteiger partial charge < -0.3 is 20.5 Å². The van der Waals surface area contributed by atoms with Crippen LogP contribution in [0.2, 0.25) is 10.0 Å². The van der Waals surface area contributed by atoms with E-state index in [4.69, 9.17) is 27.9 Å². The molecule has 1 aromatic heterocycles. The van der Waals surface area contributed by atoms with Crippen molar-refractivity contribution < 1.29 is 19.4 Å². The van der Waals surface area contributed by atoms with Crippen molar-refractivity contribution in [2.24, 2.45) is 0 Å². The standard InChI is InChI=1S/C24H23Cl2N3O4/c1-27-22-4-2-3-17(28-22)11-12-33-18-8-5-15(6-9-18)13-21(24(31)32)29-23(30)19-10-7-16(25)14-20(19)26/h2-10,14,21H,11-13H2,1H3,(H,27,28)(H,29,30)(H,31,32)/t21-/m0/s1. The van der Waals surface area contributed by atoms with E-state index in [1.54, 1.807) is 24.3 Å². The number of carboxylic acids is 1. The van der Waals surface area contributed by atoms with Gasteiger partial charge in [0, 0.05) is 30.6 Å². The lowest BCUT2D eigenvalue weighted by atomic mass is 10.1. The molecule has 0 aliphatic rings. The monoisotopic (exact) mass is 487 g/mol. The lowest BCUT2D eigenvalue weighted by Gasteiger charge is -2.16. The van der Waals surface area contributed by atoms with Gasteiger partial charge in [0.2, 0.25) is 0 Å². The van der Waals surface area contributed by atoms with Crippen molar-refractivity contribution in [3.63, 3.8) is 0 Å². The highest BCUT2D eigenvalue weighted by molar-refractivity contribution is 6.36. The molecule has 0 spiro atoms. The quantitative estimate of drug-likeness (QED) is 0.389. The first-order valence-corrected chi connectivity index (χ1v) is 11.0. The maximum atomic E-state index is 12.5. The summed E-state index contributed by atoms with van der Waals surface area (Å²) >= 11 is 11.9. The number of nitrogens with zero attached hydrogens (tertiary/aromatic N) is 1. The lowest BCUT2D eigenvalue weighted by molar-refractivity contribution is -0.139. The first-order chi connectivity index (χ1) is 15.9. The van der Waals surface area contributed by atoms with E-state index in [9.17, 15) is 14.7 Å². The summed E-state index contributed by atoms with van der Waals surface area (Å²) in [4.78, 5) is 28.6. The number of carbonyl (C=O) groups excluding carboxylic acids is 1. The minimum absolute atomic E-state index is 0.104. The Labute approximate surface area is 201 Å². The average Bonchev–Trinajstić information content (AvgIpc) is 2.79. The van der Waals surface area contributed by atoms with Gasteiger partial charge in [-0.2, -0.15) is 0 Å². The Kier molecular flexibility index (Phi) is 8.52. The van der Waals surface area contributed by atoms with Crippen molar-refractivity contribution >= 4 is 40.9 Å². The van der Waals surface area contributed by atoms with Crippen LogP contribution in [0, 0.1) is 0 Å². The third kappa shape index (κ3) is 7.10. The van der Waals surface area contributed by atoms with Crippen LogP contribution in [0.25, 0.3) is 0 Å². The molecule has 172 valence electrons. The third-order valence-electron chi connectivity index (χ3n) is 4.83. The SMILES string of the molecule is CNc1cccc(CCOc2ccc(C[C@H](NC(=O)c3ccc(Cl)cc3Cl)C(=O)O)cc2)n1. The second-order valence-corrected chi connectivity index (χ2v) is 8.04. The molecule has 0 saturated carbocycles. The molecule has 1 amide bonds. The molecule has 7 nitrogen and oxygen atoms in total. The van der Waals surface area contributed by atoms with E-state index in [0.29, 0.717) is 23.8 Å². The smallest absolute Gasteiger partial charge is 0.326 e. The highest BCUT2D eigenvalue weighted by Gasteiger charge is 2.22. The fourth-order valence-corrected chi connectivity index (χ4v) is 3.59. The zero-order valence-electron chi connectivity index (χ0n) is 17.8. The second-order valence-electron chi connectivity index (χ2n) is 7.20. The number of nitrogens with one attached hydrogen (secondary N) is 2. The molecule has 0 saturated heterocycles. The van der Waals surface area contributed by atoms with Crippen LogP contribution >= 0.6 is 23.2 Å². The van der Waals surface area contributed by atoms with Gasteiger partial charge >= 0.3 is 5.97 Å². The minimum Gasteiger partial charge on any atom is -0.493 e. The summed E-state index contributed by atoms with van der Waals surface area (Å²) in [5, 5.41) is 15.6. The van der Waals surface area contributed by atoms with E-state index in [1.165, 1.54) is 18.2 Å². The van der Waals surface area contributed by atoms with Gasteiger partial charge in [-0.05, 0) is 48.0 Å². The molecule has 0 bridgehead atoms. The number of amides is 1. The predicted molar refractivity (Wildman–Crippen MR) is 128 cm³/mol. The van der Waals surface area contributed by atoms with Crippen LogP contribution in [0.5, 0.6) is 5.75 Å². The third-order valence-corrected chi connectivity index (χ3v) is 5.38. The van der Waals surface area contributed by atoms with Crippen LogP contribution < -0.4 is 15.4 Å². The molecule has 9 heteroatoms. The van der Waals surface area contributed by atoms with Crippen LogP contribution in [0.4, 0.5) is 5.82 Å². The number of aliphatic carboxylic acids is 1. The van der Waals surface area contributed by atoms with E-state index < -0.39 is 17.9 Å². The van der Waals surface area contributed by atoms with Crippen LogP contribution in [-0.4, -0.2) is 41.7 Å². The molecule has 1 heterocycles. The summed E-state index contributed by atoms with van der Waals surface area (Å²) in [6.07, 6.45) is 0.755. The maximum Gasteiger partial charge on any atom is 0.326 e. The summed E-state index contributed by atoms with van der Waals surface area (Å²) in [5.74, 6) is -0.271. The highest BCUT2D eigenvalue weighted by atomic mass is 35.5. The minimum atomic E-state index is -1.15. The van der Waals surface area contributed by atoms with Crippen molar-refractivity contribution in [3.8, 4) is 5.75 Å². The molecule has 1 atom stereocenters. The number of aromatic nitrogens is 1. The molecule has 0 radical (unpaired) electrons. The van der Waals surface area contributed by atoms with Gasteiger partial charge in [0.15, 0.2) is 0 Å². The number of hydrogen-bond acceptors (Lipinski definition) is 5. The van der Waals surface area contributed by atoms with Gasteiger partial charge in [0.05, 0.1) is 17.2 Å². The molecule has 0 unspecified atom stereocenters. The first kappa shape index (κ1) is 24.4. The Bertz CT molecular complexity index is 1120. The van der Waals surface area contributed by atoms with E-state index in [2.05, 4.69) is 15.6 Å². The van der Waals surface area contributed by atoms with Gasteiger partial charge in [-0.1, -0.05) is 41.4 Å². The number of pyridine rings is 1. The topological polar surface area (TPSA) is 101 Å². The van der Waals surface area contributed by atoms with Gasteiger partial charge in [-0.3, -0.25) is 4.79 Å². The Morgan fingerprint density at radius 2 is 1.85 bits per heavy atom. The Hall–Kier alpha value is -3.29. The summed E-state index contributed by atoms with van der Waals surface area (Å²) in [6.45, 7) is 0.454. The van der Waals surface area contributed by atoms with Crippen LogP contribution in [-0.2, 0) is 17.6 Å². The maximum absolute atomic E-state index is 12.5. The van der Waals surface area contributed by atoms with E-state index in [1.807, 2.05) is 25.2 Å². The molecule has 3 rings (SSSR count). The fraction of sp³-hybridized carbons (Fsp3) is 0.208. The molecular weight excluding hydrogens is 465 g/mol. The zero-order chi connectivity index (χ0) is 23.8. The van der Waals surface area contributed by atoms with E-state index >= 15 is 0 Å². The van der Waals surface area contributed by atoms with Gasteiger partial charge in [0.25, 0.3) is 5.91 Å². The molecule has 33 heavy (non-hydrogen) atoms. The summed E-state index contributed by atoms with van der Waals surface area (Å²) < 4.78 is 5.76. The molecular formula is C24H23Cl2N3O4. The van der Waals surface area contributed by atoms with Crippen LogP contribution in [0.1, 0.15) is 21.6 Å². The van der Waals surface area contributed by atoms with E-state index in [0.717, 1.165) is 17.1 Å². The summed E-state index contributed by atoms with van der Waals surface area (Å²) in [6, 6.07) is 16.1. The van der Waals surface area contributed by atoms with E-state index in [-0.39, 0.29) is 17.0 Å². The number of rotatable bonds is 10. The molecule has 3 N–H and O–H groups in total. The lowest BCUT2D eigenvalue weighted by Crippen LogP contribution is -2.42. The number of ether oxygens (including phenoxy) is 1. The second kappa shape index (κ2) is 11.5. The number of halogens is 2.